The summed E-state index contributed by atoms with van der Waals surface area (Å²) in [4.78, 5) is 21.0. The van der Waals surface area contributed by atoms with Crippen molar-refractivity contribution < 1.29 is 22.7 Å². The molecule has 2 saturated heterocycles. The number of amides is 1. The molecule has 3 rings (SSSR count). The molecule has 0 bridgehead atoms. The van der Waals surface area contributed by atoms with E-state index in [1.165, 1.54) is 6.20 Å². The Hall–Kier alpha value is -1.67. The second-order valence-electron chi connectivity index (χ2n) is 7.21. The molecular weight excluding hydrogens is 347 g/mol. The third-order valence-electron chi connectivity index (χ3n) is 5.45. The lowest BCUT2D eigenvalue weighted by atomic mass is 9.83. The third-order valence-corrected chi connectivity index (χ3v) is 5.45. The lowest BCUT2D eigenvalue weighted by molar-refractivity contribution is -0.149. The van der Waals surface area contributed by atoms with Gasteiger partial charge in [-0.05, 0) is 31.6 Å². The molecule has 1 amide bonds. The Bertz CT molecular complexity index is 661. The molecule has 0 aliphatic carbocycles. The minimum atomic E-state index is -4.38. The molecule has 2 fully saturated rings. The molecule has 2 aliphatic rings. The van der Waals surface area contributed by atoms with Gasteiger partial charge in [-0.3, -0.25) is 9.78 Å². The van der Waals surface area contributed by atoms with Gasteiger partial charge >= 0.3 is 6.18 Å². The fourth-order valence-electron chi connectivity index (χ4n) is 3.87. The molecule has 5 nitrogen and oxygen atoms in total. The SMILES string of the molecule is CCN1CCC(COC)(C(=O)N2CC(c3cc(C(F)(F)F)ccn3)C2)C1. The van der Waals surface area contributed by atoms with Crippen LogP contribution >= 0.6 is 0 Å². The monoisotopic (exact) mass is 371 g/mol. The predicted octanol–water partition coefficient (Wildman–Crippen LogP) is 2.38. The molecule has 0 saturated carbocycles. The van der Waals surface area contributed by atoms with E-state index in [9.17, 15) is 18.0 Å². The van der Waals surface area contributed by atoms with Crippen LogP contribution in [0.1, 0.15) is 30.5 Å². The molecule has 0 radical (unpaired) electrons. The van der Waals surface area contributed by atoms with Crippen molar-refractivity contribution in [3.05, 3.63) is 29.6 Å². The number of carbonyl (C=O) groups excluding carboxylic acids is 1. The van der Waals surface area contributed by atoms with Crippen LogP contribution in [0.25, 0.3) is 0 Å². The zero-order valence-electron chi connectivity index (χ0n) is 15.1. The molecule has 0 N–H and O–H groups in total. The molecular formula is C18H24F3N3O2. The molecule has 3 heterocycles. The van der Waals surface area contributed by atoms with Crippen molar-refractivity contribution in [2.75, 3.05) is 46.4 Å². The molecule has 1 unspecified atom stereocenters. The lowest BCUT2D eigenvalue weighted by Gasteiger charge is -2.43. The maximum Gasteiger partial charge on any atom is 0.416 e. The predicted molar refractivity (Wildman–Crippen MR) is 89.6 cm³/mol. The largest absolute Gasteiger partial charge is 0.416 e. The van der Waals surface area contributed by atoms with Crippen LogP contribution in [0, 0.1) is 5.41 Å². The highest BCUT2D eigenvalue weighted by Crippen LogP contribution is 2.38. The maximum atomic E-state index is 13.0. The second-order valence-corrected chi connectivity index (χ2v) is 7.21. The Morgan fingerprint density at radius 3 is 2.73 bits per heavy atom. The smallest absolute Gasteiger partial charge is 0.384 e. The molecule has 2 aliphatic heterocycles. The molecule has 0 aromatic carbocycles. The Morgan fingerprint density at radius 2 is 2.15 bits per heavy atom. The number of hydrogen-bond acceptors (Lipinski definition) is 4. The van der Waals surface area contributed by atoms with E-state index in [4.69, 9.17) is 4.74 Å². The zero-order valence-corrected chi connectivity index (χ0v) is 15.1. The number of methoxy groups -OCH3 is 1. The first-order valence-corrected chi connectivity index (χ1v) is 8.83. The number of nitrogens with zero attached hydrogens (tertiary/aromatic N) is 3. The van der Waals surface area contributed by atoms with E-state index >= 15 is 0 Å². The van der Waals surface area contributed by atoms with E-state index in [0.29, 0.717) is 31.9 Å². The Labute approximate surface area is 151 Å². The zero-order chi connectivity index (χ0) is 18.9. The average Bonchev–Trinajstić information content (AvgIpc) is 2.98. The number of likely N-dealkylation sites (tertiary alicyclic amines) is 2. The summed E-state index contributed by atoms with van der Waals surface area (Å²) in [7, 11) is 1.59. The standard InChI is InChI=1S/C18H24F3N3O2/c1-3-23-7-5-17(11-23,12-26-2)16(25)24-9-13(10-24)15-8-14(4-6-22-15)18(19,20)21/h4,6,8,13H,3,5,7,9-12H2,1-2H3. The maximum absolute atomic E-state index is 13.0. The minimum absolute atomic E-state index is 0.0403. The van der Waals surface area contributed by atoms with Crippen LogP contribution in [0.3, 0.4) is 0 Å². The highest BCUT2D eigenvalue weighted by atomic mass is 19.4. The first-order chi connectivity index (χ1) is 12.3. The number of rotatable bonds is 5. The van der Waals surface area contributed by atoms with Gasteiger partial charge in [0.15, 0.2) is 0 Å². The molecule has 0 spiro atoms. The van der Waals surface area contributed by atoms with Crippen LogP contribution < -0.4 is 0 Å². The van der Waals surface area contributed by atoms with Gasteiger partial charge in [0, 0.05) is 44.6 Å². The normalized spacial score (nSPS) is 24.7. The lowest BCUT2D eigenvalue weighted by Crippen LogP contribution is -2.56. The fourth-order valence-corrected chi connectivity index (χ4v) is 3.87. The van der Waals surface area contributed by atoms with E-state index in [1.54, 1.807) is 12.0 Å². The van der Waals surface area contributed by atoms with E-state index in [1.807, 2.05) is 0 Å². The highest BCUT2D eigenvalue weighted by molar-refractivity contribution is 5.84. The quantitative estimate of drug-likeness (QED) is 0.797. The van der Waals surface area contributed by atoms with Crippen molar-refractivity contribution in [1.29, 1.82) is 0 Å². The summed E-state index contributed by atoms with van der Waals surface area (Å²) in [6, 6.07) is 2.06. The summed E-state index contributed by atoms with van der Waals surface area (Å²) >= 11 is 0. The van der Waals surface area contributed by atoms with Crippen molar-refractivity contribution in [3.8, 4) is 0 Å². The van der Waals surface area contributed by atoms with Gasteiger partial charge in [0.2, 0.25) is 5.91 Å². The van der Waals surface area contributed by atoms with Crippen LogP contribution in [-0.4, -0.2) is 67.1 Å². The molecule has 1 aromatic rings. The summed E-state index contributed by atoms with van der Waals surface area (Å²) in [5.74, 6) is -0.108. The summed E-state index contributed by atoms with van der Waals surface area (Å²) in [5, 5.41) is 0. The highest BCUT2D eigenvalue weighted by Gasteiger charge is 2.49. The number of ether oxygens (including phenoxy) is 1. The number of alkyl halides is 3. The summed E-state index contributed by atoms with van der Waals surface area (Å²) in [6.07, 6.45) is -2.45. The van der Waals surface area contributed by atoms with Crippen LogP contribution in [0.2, 0.25) is 0 Å². The molecule has 1 atom stereocenters. The first-order valence-electron chi connectivity index (χ1n) is 8.83. The van der Waals surface area contributed by atoms with Gasteiger partial charge in [-0.25, -0.2) is 0 Å². The van der Waals surface area contributed by atoms with Crippen LogP contribution in [-0.2, 0) is 15.7 Å². The van der Waals surface area contributed by atoms with Crippen LogP contribution in [0.4, 0.5) is 13.2 Å². The van der Waals surface area contributed by atoms with Crippen molar-refractivity contribution in [2.45, 2.75) is 25.4 Å². The van der Waals surface area contributed by atoms with Crippen molar-refractivity contribution in [1.82, 2.24) is 14.8 Å². The van der Waals surface area contributed by atoms with Gasteiger partial charge < -0.3 is 14.5 Å². The average molecular weight is 371 g/mol. The number of hydrogen-bond donors (Lipinski definition) is 0. The van der Waals surface area contributed by atoms with E-state index in [0.717, 1.165) is 31.6 Å². The Kier molecular flexibility index (Phi) is 5.25. The van der Waals surface area contributed by atoms with Gasteiger partial charge in [-0.1, -0.05) is 6.92 Å². The van der Waals surface area contributed by atoms with Gasteiger partial charge in [-0.2, -0.15) is 13.2 Å². The molecule has 26 heavy (non-hydrogen) atoms. The molecule has 144 valence electrons. The van der Waals surface area contributed by atoms with Crippen molar-refractivity contribution >= 4 is 5.91 Å². The minimum Gasteiger partial charge on any atom is -0.384 e. The van der Waals surface area contributed by atoms with E-state index < -0.39 is 17.2 Å². The first kappa shape index (κ1) is 19.1. The number of pyridine rings is 1. The van der Waals surface area contributed by atoms with Gasteiger partial charge in [0.1, 0.15) is 0 Å². The van der Waals surface area contributed by atoms with Gasteiger partial charge in [0.05, 0.1) is 17.6 Å². The summed E-state index contributed by atoms with van der Waals surface area (Å²) in [6.45, 7) is 5.65. The number of aromatic nitrogens is 1. The van der Waals surface area contributed by atoms with E-state index in [2.05, 4.69) is 16.8 Å². The van der Waals surface area contributed by atoms with Crippen molar-refractivity contribution in [3.63, 3.8) is 0 Å². The van der Waals surface area contributed by atoms with Crippen LogP contribution in [0.5, 0.6) is 0 Å². The summed E-state index contributed by atoms with van der Waals surface area (Å²) in [5.41, 5.74) is -0.847. The van der Waals surface area contributed by atoms with Gasteiger partial charge in [-0.15, -0.1) is 0 Å². The number of carbonyl (C=O) groups is 1. The summed E-state index contributed by atoms with van der Waals surface area (Å²) < 4.78 is 43.9. The molecule has 1 aromatic heterocycles. The Morgan fingerprint density at radius 1 is 1.42 bits per heavy atom. The molecule has 8 heteroatoms. The van der Waals surface area contributed by atoms with Gasteiger partial charge in [0.25, 0.3) is 0 Å². The number of halogens is 3. The third kappa shape index (κ3) is 3.57. The fraction of sp³-hybridized carbons (Fsp3) is 0.667. The topological polar surface area (TPSA) is 45.7 Å². The van der Waals surface area contributed by atoms with E-state index in [-0.39, 0.29) is 11.8 Å². The second kappa shape index (κ2) is 7.15. The van der Waals surface area contributed by atoms with Crippen molar-refractivity contribution in [2.24, 2.45) is 5.41 Å². The Balaban J connectivity index is 1.66. The van der Waals surface area contributed by atoms with Crippen LogP contribution in [0.15, 0.2) is 18.3 Å².